The van der Waals surface area contributed by atoms with Gasteiger partial charge in [0.1, 0.15) is 22.9 Å². The maximum Gasteiger partial charge on any atom is 0.411 e. The smallest absolute Gasteiger partial charge is 0.411 e. The molecule has 2 aromatic heterocycles. The van der Waals surface area contributed by atoms with E-state index in [-0.39, 0.29) is 30.3 Å². The van der Waals surface area contributed by atoms with Gasteiger partial charge in [-0.15, -0.1) is 0 Å². The second-order valence-electron chi connectivity index (χ2n) is 17.7. The maximum atomic E-state index is 13.3. The van der Waals surface area contributed by atoms with Crippen LogP contribution in [0.3, 0.4) is 0 Å². The van der Waals surface area contributed by atoms with Gasteiger partial charge in [0.25, 0.3) is 0 Å². The molecule has 3 fully saturated rings. The highest BCUT2D eigenvalue weighted by Crippen LogP contribution is 2.50. The maximum absolute atomic E-state index is 13.3. The summed E-state index contributed by atoms with van der Waals surface area (Å²) in [5, 5.41) is 0. The fourth-order valence-corrected chi connectivity index (χ4v) is 9.25. The Morgan fingerprint density at radius 2 is 1.43 bits per heavy atom. The third-order valence-electron chi connectivity index (χ3n) is 11.6. The van der Waals surface area contributed by atoms with E-state index in [1.54, 1.807) is 4.90 Å². The average Bonchev–Trinajstić information content (AvgIpc) is 3.97. The number of H-pyrrole nitrogens is 2. The highest BCUT2D eigenvalue weighted by atomic mass is 16.6. The van der Waals surface area contributed by atoms with Crippen LogP contribution in [-0.2, 0) is 22.3 Å². The van der Waals surface area contributed by atoms with Gasteiger partial charge in [-0.3, -0.25) is 9.80 Å². The molecule has 4 heterocycles. The summed E-state index contributed by atoms with van der Waals surface area (Å²) < 4.78 is 11.5. The number of hydrogen-bond acceptors (Lipinski definition) is 6. The van der Waals surface area contributed by atoms with Crippen molar-refractivity contribution < 1.29 is 19.1 Å². The summed E-state index contributed by atoms with van der Waals surface area (Å²) in [6.45, 7) is 12.1. The highest BCUT2D eigenvalue weighted by Gasteiger charge is 2.51. The predicted molar refractivity (Wildman–Crippen MR) is 209 cm³/mol. The molecule has 2 bridgehead atoms. The number of imidazole rings is 2. The fraction of sp³-hybridized carbons (Fsp3) is 0.455. The number of amides is 2. The zero-order chi connectivity index (χ0) is 37.5. The standard InChI is InChI=1S/C44H50N6O4/c1-43(2,3)53-41(51)49-19-7-8-37(49)39-45-24-36(48-39)29-13-17-33-28(21-29)10-9-27-20-25(12-16-32(27)33)26-14-18-34-35(23-26)47-40(46-34)38-30-11-15-31(22-30)50(38)42(52)54-44(4,5)6/h12-14,16-18,20-21,23-24,30-31,37-38H,7-11,15,19,22H2,1-6H3,(H,45,48)(H,46,47)/t30-,31+,37-,38?/m0/s1. The van der Waals surface area contributed by atoms with Crippen molar-refractivity contribution in [2.24, 2.45) is 5.92 Å². The monoisotopic (exact) mass is 726 g/mol. The summed E-state index contributed by atoms with van der Waals surface area (Å²) >= 11 is 0. The molecule has 2 aliphatic heterocycles. The number of nitrogens with zero attached hydrogens (tertiary/aromatic N) is 4. The van der Waals surface area contributed by atoms with Crippen LogP contribution in [0.2, 0.25) is 0 Å². The van der Waals surface area contributed by atoms with Gasteiger partial charge in [0, 0.05) is 12.6 Å². The number of piperidine rings is 1. The summed E-state index contributed by atoms with van der Waals surface area (Å²) in [6.07, 6.45) is 8.21. The van der Waals surface area contributed by atoms with Gasteiger partial charge >= 0.3 is 12.2 Å². The van der Waals surface area contributed by atoms with E-state index in [1.165, 1.54) is 27.8 Å². The summed E-state index contributed by atoms with van der Waals surface area (Å²) in [5.74, 6) is 2.06. The molecule has 4 aliphatic rings. The lowest BCUT2D eigenvalue weighted by atomic mass is 9.83. The van der Waals surface area contributed by atoms with E-state index in [0.29, 0.717) is 12.5 Å². The van der Waals surface area contributed by atoms with E-state index in [1.807, 2.05) is 52.6 Å². The molecule has 5 aromatic rings. The SMILES string of the molecule is CC(C)(C)OC(=O)N1CCC[C@H]1c1ncc(-c2ccc3c(c2)CCc2cc(-c4ccc5nc(C6[C@H]7CC[C@H](C7)N6C(=O)OC(C)(C)C)[nH]c5c4)ccc2-3)[nH]1. The molecule has 9 rings (SSSR count). The Kier molecular flexibility index (Phi) is 8.17. The van der Waals surface area contributed by atoms with E-state index in [4.69, 9.17) is 19.4 Å². The normalized spacial score (nSPS) is 22.1. The number of nitrogens with one attached hydrogen (secondary N) is 2. The topological polar surface area (TPSA) is 116 Å². The number of carbonyl (C=O) groups excluding carboxylic acids is 2. The zero-order valence-electron chi connectivity index (χ0n) is 32.2. The van der Waals surface area contributed by atoms with E-state index in [9.17, 15) is 9.59 Å². The van der Waals surface area contributed by atoms with Crippen LogP contribution in [0.1, 0.15) is 109 Å². The van der Waals surface area contributed by atoms with E-state index >= 15 is 0 Å². The Morgan fingerprint density at radius 1 is 0.759 bits per heavy atom. The van der Waals surface area contributed by atoms with Crippen molar-refractivity contribution in [2.75, 3.05) is 6.54 Å². The van der Waals surface area contributed by atoms with Gasteiger partial charge in [0.05, 0.1) is 35.0 Å². The molecule has 1 saturated carbocycles. The van der Waals surface area contributed by atoms with Crippen molar-refractivity contribution in [1.82, 2.24) is 29.7 Å². The number of fused-ring (bicyclic) bond motifs is 6. The molecule has 0 spiro atoms. The number of aromatic nitrogens is 4. The first-order valence-electron chi connectivity index (χ1n) is 19.6. The molecule has 10 heteroatoms. The van der Waals surface area contributed by atoms with Crippen molar-refractivity contribution in [3.8, 4) is 33.5 Å². The molecule has 54 heavy (non-hydrogen) atoms. The number of likely N-dealkylation sites (tertiary alicyclic amines) is 2. The van der Waals surface area contributed by atoms with Gasteiger partial charge < -0.3 is 19.4 Å². The van der Waals surface area contributed by atoms with E-state index < -0.39 is 11.2 Å². The Labute approximate surface area is 316 Å². The molecular weight excluding hydrogens is 677 g/mol. The van der Waals surface area contributed by atoms with Gasteiger partial charge in [-0.2, -0.15) is 0 Å². The van der Waals surface area contributed by atoms with Crippen LogP contribution in [-0.4, -0.2) is 65.7 Å². The minimum Gasteiger partial charge on any atom is -0.444 e. The highest BCUT2D eigenvalue weighted by molar-refractivity contribution is 5.84. The largest absolute Gasteiger partial charge is 0.444 e. The van der Waals surface area contributed by atoms with Crippen LogP contribution in [0.4, 0.5) is 9.59 Å². The quantitative estimate of drug-likeness (QED) is 0.191. The molecule has 2 saturated heterocycles. The van der Waals surface area contributed by atoms with Gasteiger partial charge in [-0.05, 0) is 150 Å². The average molecular weight is 727 g/mol. The molecule has 4 atom stereocenters. The predicted octanol–water partition coefficient (Wildman–Crippen LogP) is 9.92. The summed E-state index contributed by atoms with van der Waals surface area (Å²) in [7, 11) is 0. The third-order valence-corrected chi connectivity index (χ3v) is 11.6. The molecule has 1 unspecified atom stereocenters. The molecule has 0 radical (unpaired) electrons. The number of rotatable bonds is 4. The molecule has 3 aromatic carbocycles. The Bertz CT molecular complexity index is 2270. The van der Waals surface area contributed by atoms with Gasteiger partial charge in [0.2, 0.25) is 0 Å². The third kappa shape index (κ3) is 6.33. The number of aromatic amines is 2. The van der Waals surface area contributed by atoms with Crippen molar-refractivity contribution in [2.45, 2.75) is 116 Å². The molecular formula is C44H50N6O4. The minimum atomic E-state index is -0.540. The summed E-state index contributed by atoms with van der Waals surface area (Å²) in [6, 6.07) is 20.0. The van der Waals surface area contributed by atoms with Crippen LogP contribution in [0.5, 0.6) is 0 Å². The number of benzene rings is 3. The molecule has 280 valence electrons. The summed E-state index contributed by atoms with van der Waals surface area (Å²) in [4.78, 5) is 46.9. The van der Waals surface area contributed by atoms with Crippen LogP contribution in [0.15, 0.2) is 60.8 Å². The zero-order valence-corrected chi connectivity index (χ0v) is 32.2. The number of hydrogen-bond donors (Lipinski definition) is 2. The van der Waals surface area contributed by atoms with Crippen molar-refractivity contribution in [1.29, 1.82) is 0 Å². The first kappa shape index (κ1) is 34.6. The molecule has 2 N–H and O–H groups in total. The molecule has 2 aliphatic carbocycles. The number of ether oxygens (including phenoxy) is 2. The van der Waals surface area contributed by atoms with Crippen molar-refractivity contribution >= 4 is 23.2 Å². The van der Waals surface area contributed by atoms with E-state index in [0.717, 1.165) is 84.4 Å². The second kappa shape index (κ2) is 12.7. The Morgan fingerprint density at radius 3 is 2.17 bits per heavy atom. The lowest BCUT2D eigenvalue weighted by Gasteiger charge is -2.35. The fourth-order valence-electron chi connectivity index (χ4n) is 9.25. The first-order chi connectivity index (χ1) is 25.8. The minimum absolute atomic E-state index is 0.0871. The molecule has 10 nitrogen and oxygen atoms in total. The lowest BCUT2D eigenvalue weighted by molar-refractivity contribution is 0.00616. The van der Waals surface area contributed by atoms with Gasteiger partial charge in [-0.25, -0.2) is 19.6 Å². The van der Waals surface area contributed by atoms with Crippen LogP contribution in [0.25, 0.3) is 44.5 Å². The Balaban J connectivity index is 0.935. The van der Waals surface area contributed by atoms with Crippen LogP contribution < -0.4 is 0 Å². The summed E-state index contributed by atoms with van der Waals surface area (Å²) in [5.41, 5.74) is 10.4. The Hall–Kier alpha value is -5.12. The van der Waals surface area contributed by atoms with Crippen molar-refractivity contribution in [3.63, 3.8) is 0 Å². The lowest BCUT2D eigenvalue weighted by Crippen LogP contribution is -2.43. The molecule has 2 amide bonds. The number of aryl methyl sites for hydroxylation is 2. The number of carbonyl (C=O) groups is 2. The second-order valence-corrected chi connectivity index (χ2v) is 17.7. The van der Waals surface area contributed by atoms with Gasteiger partial charge in [-0.1, -0.05) is 36.4 Å². The van der Waals surface area contributed by atoms with Gasteiger partial charge in [0.15, 0.2) is 0 Å². The van der Waals surface area contributed by atoms with Crippen LogP contribution >= 0.6 is 0 Å². The van der Waals surface area contributed by atoms with Crippen LogP contribution in [0, 0.1) is 5.92 Å². The van der Waals surface area contributed by atoms with Crippen molar-refractivity contribution in [3.05, 3.63) is 83.6 Å². The van der Waals surface area contributed by atoms with E-state index in [2.05, 4.69) is 64.6 Å². The first-order valence-corrected chi connectivity index (χ1v) is 19.6.